The molecule has 0 bridgehead atoms. The van der Waals surface area contributed by atoms with E-state index in [4.69, 9.17) is 0 Å². The number of hydrogen-bond acceptors (Lipinski definition) is 2. The monoisotopic (exact) mass is 296 g/mol. The summed E-state index contributed by atoms with van der Waals surface area (Å²) in [4.78, 5) is 13.9. The normalized spacial score (nSPS) is 16.2. The van der Waals surface area contributed by atoms with Crippen molar-refractivity contribution >= 4 is 5.91 Å². The van der Waals surface area contributed by atoms with Crippen LogP contribution in [0.4, 0.5) is 8.78 Å². The van der Waals surface area contributed by atoms with Gasteiger partial charge in [-0.25, -0.2) is 8.78 Å². The van der Waals surface area contributed by atoms with Crippen LogP contribution < -0.4 is 5.32 Å². The van der Waals surface area contributed by atoms with Gasteiger partial charge in [-0.15, -0.1) is 0 Å². The summed E-state index contributed by atoms with van der Waals surface area (Å²) in [6.07, 6.45) is 2.67. The lowest BCUT2D eigenvalue weighted by molar-refractivity contribution is -0.131. The van der Waals surface area contributed by atoms with E-state index in [0.29, 0.717) is 19.1 Å². The molecule has 0 aromatic heterocycles. The molecular formula is C16H22F2N2O. The number of carbonyl (C=O) groups excluding carboxylic acids is 1. The first kappa shape index (κ1) is 15.9. The van der Waals surface area contributed by atoms with Crippen LogP contribution in [0.2, 0.25) is 0 Å². The number of halogens is 2. The van der Waals surface area contributed by atoms with Crippen molar-refractivity contribution in [2.75, 3.05) is 19.6 Å². The van der Waals surface area contributed by atoms with Crippen molar-refractivity contribution in [1.82, 2.24) is 10.2 Å². The average molecular weight is 296 g/mol. The molecule has 0 saturated carbocycles. The molecule has 0 radical (unpaired) electrons. The fourth-order valence-corrected chi connectivity index (χ4v) is 2.65. The molecule has 0 aliphatic carbocycles. The number of likely N-dealkylation sites (tertiary alicyclic amines) is 1. The Hall–Kier alpha value is -1.49. The van der Waals surface area contributed by atoms with E-state index >= 15 is 0 Å². The molecule has 3 nitrogen and oxygen atoms in total. The number of nitrogens with one attached hydrogen (secondary N) is 1. The van der Waals surface area contributed by atoms with Crippen molar-refractivity contribution in [1.29, 1.82) is 0 Å². The van der Waals surface area contributed by atoms with Crippen LogP contribution in [0.3, 0.4) is 0 Å². The number of hydrogen-bond donors (Lipinski definition) is 1. The second kappa shape index (κ2) is 7.50. The Morgan fingerprint density at radius 3 is 2.48 bits per heavy atom. The summed E-state index contributed by atoms with van der Waals surface area (Å²) in [6.45, 7) is 4.40. The Morgan fingerprint density at radius 2 is 1.90 bits per heavy atom. The Morgan fingerprint density at radius 1 is 1.29 bits per heavy atom. The molecule has 0 unspecified atom stereocenters. The minimum absolute atomic E-state index is 0.131. The second-order valence-electron chi connectivity index (χ2n) is 5.49. The molecule has 1 aromatic rings. The fraction of sp³-hybridized carbons (Fsp3) is 0.562. The van der Waals surface area contributed by atoms with Crippen molar-refractivity contribution in [3.63, 3.8) is 0 Å². The zero-order valence-corrected chi connectivity index (χ0v) is 12.4. The van der Waals surface area contributed by atoms with Crippen molar-refractivity contribution in [3.8, 4) is 0 Å². The molecule has 5 heteroatoms. The predicted octanol–water partition coefficient (Wildman–Crippen LogP) is 2.50. The number of piperidine rings is 1. The highest BCUT2D eigenvalue weighted by Gasteiger charge is 2.23. The number of nitrogens with zero attached hydrogens (tertiary/aromatic N) is 1. The summed E-state index contributed by atoms with van der Waals surface area (Å²) >= 11 is 0. The van der Waals surface area contributed by atoms with E-state index in [1.54, 1.807) is 4.90 Å². The lowest BCUT2D eigenvalue weighted by Crippen LogP contribution is -2.45. The topological polar surface area (TPSA) is 32.3 Å². The molecule has 1 heterocycles. The Labute approximate surface area is 124 Å². The zero-order chi connectivity index (χ0) is 15.2. The fourth-order valence-electron chi connectivity index (χ4n) is 2.65. The van der Waals surface area contributed by atoms with E-state index in [1.807, 2.05) is 0 Å². The molecule has 21 heavy (non-hydrogen) atoms. The summed E-state index contributed by atoms with van der Waals surface area (Å²) < 4.78 is 27.1. The summed E-state index contributed by atoms with van der Waals surface area (Å²) in [5.41, 5.74) is -0.131. The average Bonchev–Trinajstić information content (AvgIpc) is 2.49. The molecule has 1 aromatic carbocycles. The van der Waals surface area contributed by atoms with Gasteiger partial charge in [0.1, 0.15) is 11.6 Å². The smallest absolute Gasteiger partial charge is 0.227 e. The number of amides is 1. The van der Waals surface area contributed by atoms with Crippen LogP contribution in [0.1, 0.15) is 31.7 Å². The maximum absolute atomic E-state index is 13.6. The van der Waals surface area contributed by atoms with Gasteiger partial charge in [0.2, 0.25) is 5.91 Å². The SMILES string of the molecule is CCCNC1CCN(C(=O)Cc2c(F)cccc2F)CC1. The van der Waals surface area contributed by atoms with E-state index in [1.165, 1.54) is 18.2 Å². The molecule has 0 spiro atoms. The van der Waals surface area contributed by atoms with E-state index in [2.05, 4.69) is 12.2 Å². The van der Waals surface area contributed by atoms with Gasteiger partial charge in [-0.1, -0.05) is 13.0 Å². The summed E-state index contributed by atoms with van der Waals surface area (Å²) in [7, 11) is 0. The highest BCUT2D eigenvalue weighted by molar-refractivity contribution is 5.79. The maximum Gasteiger partial charge on any atom is 0.227 e. The highest BCUT2D eigenvalue weighted by Crippen LogP contribution is 2.16. The van der Waals surface area contributed by atoms with Gasteiger partial charge in [0.15, 0.2) is 0 Å². The molecule has 2 rings (SSSR count). The van der Waals surface area contributed by atoms with Gasteiger partial charge < -0.3 is 10.2 Å². The molecule has 1 N–H and O–H groups in total. The van der Waals surface area contributed by atoms with Crippen LogP contribution >= 0.6 is 0 Å². The van der Waals surface area contributed by atoms with E-state index in [0.717, 1.165) is 25.8 Å². The molecule has 1 saturated heterocycles. The van der Waals surface area contributed by atoms with Crippen LogP contribution in [0.15, 0.2) is 18.2 Å². The van der Waals surface area contributed by atoms with Gasteiger partial charge in [-0.2, -0.15) is 0 Å². The number of carbonyl (C=O) groups is 1. The summed E-state index contributed by atoms with van der Waals surface area (Å²) in [5, 5.41) is 3.44. The first-order valence-electron chi connectivity index (χ1n) is 7.56. The first-order chi connectivity index (χ1) is 10.1. The molecule has 1 fully saturated rings. The van der Waals surface area contributed by atoms with Crippen LogP contribution in [-0.4, -0.2) is 36.5 Å². The largest absolute Gasteiger partial charge is 0.342 e. The lowest BCUT2D eigenvalue weighted by atomic mass is 10.0. The van der Waals surface area contributed by atoms with Crippen molar-refractivity contribution in [2.24, 2.45) is 0 Å². The Kier molecular flexibility index (Phi) is 5.67. The van der Waals surface area contributed by atoms with Crippen molar-refractivity contribution in [3.05, 3.63) is 35.4 Å². The van der Waals surface area contributed by atoms with Gasteiger partial charge in [-0.05, 0) is 37.9 Å². The third kappa shape index (κ3) is 4.24. The van der Waals surface area contributed by atoms with Crippen molar-refractivity contribution < 1.29 is 13.6 Å². The lowest BCUT2D eigenvalue weighted by Gasteiger charge is -2.32. The summed E-state index contributed by atoms with van der Waals surface area (Å²) in [6, 6.07) is 4.13. The third-order valence-electron chi connectivity index (χ3n) is 3.92. The quantitative estimate of drug-likeness (QED) is 0.905. The Bertz CT molecular complexity index is 465. The standard InChI is InChI=1S/C16H22F2N2O/c1-2-8-19-12-6-9-20(10-7-12)16(21)11-13-14(17)4-3-5-15(13)18/h3-5,12,19H,2,6-11H2,1H3. The number of benzene rings is 1. The van der Waals surface area contributed by atoms with Crippen molar-refractivity contribution in [2.45, 2.75) is 38.6 Å². The molecule has 116 valence electrons. The van der Waals surface area contributed by atoms with Gasteiger partial charge in [0, 0.05) is 24.7 Å². The third-order valence-corrected chi connectivity index (χ3v) is 3.92. The van der Waals surface area contributed by atoms with Crippen LogP contribution in [0.5, 0.6) is 0 Å². The zero-order valence-electron chi connectivity index (χ0n) is 12.4. The molecule has 0 atom stereocenters. The van der Waals surface area contributed by atoms with Gasteiger partial charge in [-0.3, -0.25) is 4.79 Å². The Balaban J connectivity index is 1.88. The van der Waals surface area contributed by atoms with Crippen LogP contribution in [0, 0.1) is 11.6 Å². The predicted molar refractivity (Wildman–Crippen MR) is 78.0 cm³/mol. The van der Waals surface area contributed by atoms with E-state index < -0.39 is 11.6 Å². The van der Waals surface area contributed by atoms with Crippen LogP contribution in [0.25, 0.3) is 0 Å². The van der Waals surface area contributed by atoms with Gasteiger partial charge >= 0.3 is 0 Å². The summed E-state index contributed by atoms with van der Waals surface area (Å²) in [5.74, 6) is -1.50. The van der Waals surface area contributed by atoms with E-state index in [-0.39, 0.29) is 17.9 Å². The second-order valence-corrected chi connectivity index (χ2v) is 5.49. The first-order valence-corrected chi connectivity index (χ1v) is 7.56. The van der Waals surface area contributed by atoms with Crippen LogP contribution in [-0.2, 0) is 11.2 Å². The molecule has 1 amide bonds. The minimum atomic E-state index is -0.650. The number of rotatable bonds is 5. The molecule has 1 aliphatic rings. The van der Waals surface area contributed by atoms with Gasteiger partial charge in [0.05, 0.1) is 6.42 Å². The van der Waals surface area contributed by atoms with Gasteiger partial charge in [0.25, 0.3) is 0 Å². The molecular weight excluding hydrogens is 274 g/mol. The molecule has 1 aliphatic heterocycles. The highest BCUT2D eigenvalue weighted by atomic mass is 19.1. The van der Waals surface area contributed by atoms with E-state index in [9.17, 15) is 13.6 Å². The minimum Gasteiger partial charge on any atom is -0.342 e. The maximum atomic E-state index is 13.6.